The van der Waals surface area contributed by atoms with Gasteiger partial charge in [0.1, 0.15) is 16.7 Å². The van der Waals surface area contributed by atoms with Crippen LogP contribution < -0.4 is 14.8 Å². The van der Waals surface area contributed by atoms with Gasteiger partial charge >= 0.3 is 0 Å². The Kier molecular flexibility index (Phi) is 8.76. The largest absolute Gasteiger partial charge is 0.487 e. The van der Waals surface area contributed by atoms with Gasteiger partial charge in [0.25, 0.3) is 0 Å². The highest BCUT2D eigenvalue weighted by molar-refractivity contribution is 7.89. The maximum atomic E-state index is 12.6. The maximum absolute atomic E-state index is 12.6. The minimum Gasteiger partial charge on any atom is -0.487 e. The van der Waals surface area contributed by atoms with E-state index in [4.69, 9.17) is 21.1 Å². The Labute approximate surface area is 154 Å². The first kappa shape index (κ1) is 21.5. The van der Waals surface area contributed by atoms with Crippen LogP contribution in [0, 0.1) is 0 Å². The normalized spacial score (nSPS) is 18.9. The number of hydrogen-bond acceptors (Lipinski definition) is 5. The second kappa shape index (κ2) is 9.79. The Morgan fingerprint density at radius 1 is 1.46 bits per heavy atom. The van der Waals surface area contributed by atoms with Crippen LogP contribution in [-0.4, -0.2) is 47.4 Å². The molecule has 2 rings (SSSR count). The molecule has 1 fully saturated rings. The second-order valence-electron chi connectivity index (χ2n) is 5.62. The summed E-state index contributed by atoms with van der Waals surface area (Å²) < 4.78 is 38.5. The predicted octanol–water partition coefficient (Wildman–Crippen LogP) is 2.21. The number of halogens is 2. The molecule has 0 saturated carbocycles. The summed E-state index contributed by atoms with van der Waals surface area (Å²) in [6, 6.07) is 4.74. The number of sulfonamides is 1. The van der Waals surface area contributed by atoms with Crippen LogP contribution in [-0.2, 0) is 14.8 Å². The fourth-order valence-electron chi connectivity index (χ4n) is 2.49. The molecule has 0 aromatic heterocycles. The van der Waals surface area contributed by atoms with Crippen LogP contribution in [0.15, 0.2) is 23.1 Å². The number of benzene rings is 1. The lowest BCUT2D eigenvalue weighted by molar-refractivity contribution is 0.0901. The summed E-state index contributed by atoms with van der Waals surface area (Å²) in [4.78, 5) is 0.0472. The topological polar surface area (TPSA) is 76.7 Å². The molecule has 0 aliphatic carbocycles. The smallest absolute Gasteiger partial charge is 0.244 e. The minimum atomic E-state index is -3.70. The molecule has 2 N–H and O–H groups in total. The van der Waals surface area contributed by atoms with Crippen molar-refractivity contribution in [3.05, 3.63) is 23.2 Å². The first-order valence-electron chi connectivity index (χ1n) is 7.60. The first-order valence-corrected chi connectivity index (χ1v) is 9.46. The van der Waals surface area contributed by atoms with Crippen molar-refractivity contribution in [2.45, 2.75) is 36.8 Å². The van der Waals surface area contributed by atoms with Crippen LogP contribution in [0.4, 0.5) is 0 Å². The van der Waals surface area contributed by atoms with E-state index in [0.29, 0.717) is 18.2 Å². The van der Waals surface area contributed by atoms with Crippen molar-refractivity contribution in [3.8, 4) is 5.75 Å². The summed E-state index contributed by atoms with van der Waals surface area (Å²) in [6.45, 7) is 3.44. The molecular weight excluding hydrogens is 375 g/mol. The standard InChI is InChI=1S/C15H23ClN2O4S.ClH/c1-11(10-21-2)22-14-6-5-12(16)8-15(14)23(19,20)18-9-13-4-3-7-17-13;/h5-6,8,11,13,17-18H,3-4,7,9-10H2,1-2H3;1H. The summed E-state index contributed by atoms with van der Waals surface area (Å²) in [5, 5.41) is 3.60. The molecule has 24 heavy (non-hydrogen) atoms. The highest BCUT2D eigenvalue weighted by Crippen LogP contribution is 2.28. The SMILES string of the molecule is COCC(C)Oc1ccc(Cl)cc1S(=O)(=O)NCC1CCCN1.Cl. The molecule has 1 aromatic rings. The molecule has 0 amide bonds. The van der Waals surface area contributed by atoms with Gasteiger partial charge in [0.2, 0.25) is 10.0 Å². The van der Waals surface area contributed by atoms with Gasteiger partial charge in [-0.25, -0.2) is 13.1 Å². The monoisotopic (exact) mass is 398 g/mol. The van der Waals surface area contributed by atoms with Crippen molar-refractivity contribution in [1.82, 2.24) is 10.0 Å². The van der Waals surface area contributed by atoms with Gasteiger partial charge in [0, 0.05) is 24.7 Å². The molecule has 138 valence electrons. The molecule has 1 aliphatic rings. The van der Waals surface area contributed by atoms with Gasteiger partial charge in [-0.3, -0.25) is 0 Å². The molecule has 1 aliphatic heterocycles. The Morgan fingerprint density at radius 3 is 2.83 bits per heavy atom. The van der Waals surface area contributed by atoms with E-state index < -0.39 is 10.0 Å². The second-order valence-corrected chi connectivity index (χ2v) is 7.79. The van der Waals surface area contributed by atoms with Gasteiger partial charge in [-0.15, -0.1) is 12.4 Å². The van der Waals surface area contributed by atoms with Crippen LogP contribution in [0.25, 0.3) is 0 Å². The highest BCUT2D eigenvalue weighted by atomic mass is 35.5. The number of rotatable bonds is 8. The zero-order valence-corrected chi connectivity index (χ0v) is 16.1. The van der Waals surface area contributed by atoms with E-state index in [1.807, 2.05) is 6.92 Å². The van der Waals surface area contributed by atoms with Gasteiger partial charge in [0.15, 0.2) is 0 Å². The van der Waals surface area contributed by atoms with Gasteiger partial charge in [-0.05, 0) is 44.5 Å². The Balaban J connectivity index is 0.00000288. The molecular formula is C15H24Cl2N2O4S. The lowest BCUT2D eigenvalue weighted by atomic mass is 10.2. The van der Waals surface area contributed by atoms with Crippen molar-refractivity contribution in [2.24, 2.45) is 0 Å². The fraction of sp³-hybridized carbons (Fsp3) is 0.600. The molecule has 2 unspecified atom stereocenters. The Bertz CT molecular complexity index is 622. The lowest BCUT2D eigenvalue weighted by Gasteiger charge is -2.18. The van der Waals surface area contributed by atoms with Gasteiger partial charge < -0.3 is 14.8 Å². The Hall–Kier alpha value is -0.570. The summed E-state index contributed by atoms with van der Waals surface area (Å²) in [6.07, 6.45) is 1.75. The molecule has 0 radical (unpaired) electrons. The van der Waals surface area contributed by atoms with E-state index >= 15 is 0 Å². The highest BCUT2D eigenvalue weighted by Gasteiger charge is 2.23. The molecule has 6 nitrogen and oxygen atoms in total. The number of methoxy groups -OCH3 is 1. The van der Waals surface area contributed by atoms with E-state index in [0.717, 1.165) is 19.4 Å². The Morgan fingerprint density at radius 2 is 2.21 bits per heavy atom. The van der Waals surface area contributed by atoms with Crippen LogP contribution in [0.3, 0.4) is 0 Å². The van der Waals surface area contributed by atoms with Gasteiger partial charge in [-0.2, -0.15) is 0 Å². The molecule has 1 aromatic carbocycles. The summed E-state index contributed by atoms with van der Waals surface area (Å²) in [5.74, 6) is 0.269. The summed E-state index contributed by atoms with van der Waals surface area (Å²) in [7, 11) is -2.14. The van der Waals surface area contributed by atoms with Gasteiger partial charge in [-0.1, -0.05) is 11.6 Å². The molecule has 0 spiro atoms. The van der Waals surface area contributed by atoms with Gasteiger partial charge in [0.05, 0.1) is 6.61 Å². The first-order chi connectivity index (χ1) is 10.9. The third-order valence-corrected chi connectivity index (χ3v) is 5.29. The van der Waals surface area contributed by atoms with Crippen LogP contribution in [0.1, 0.15) is 19.8 Å². The van der Waals surface area contributed by atoms with E-state index in [2.05, 4.69) is 10.0 Å². The number of nitrogens with one attached hydrogen (secondary N) is 2. The molecule has 0 bridgehead atoms. The molecule has 1 saturated heterocycles. The van der Waals surface area contributed by atoms with Crippen molar-refractivity contribution in [1.29, 1.82) is 0 Å². The van der Waals surface area contributed by atoms with Crippen molar-refractivity contribution >= 4 is 34.0 Å². The molecule has 2 atom stereocenters. The van der Waals surface area contributed by atoms with Crippen LogP contribution in [0.2, 0.25) is 5.02 Å². The van der Waals surface area contributed by atoms with Crippen molar-refractivity contribution < 1.29 is 17.9 Å². The lowest BCUT2D eigenvalue weighted by Crippen LogP contribution is -2.37. The third-order valence-electron chi connectivity index (χ3n) is 3.61. The maximum Gasteiger partial charge on any atom is 0.244 e. The van der Waals surface area contributed by atoms with Crippen LogP contribution >= 0.6 is 24.0 Å². The third kappa shape index (κ3) is 6.06. The van der Waals surface area contributed by atoms with Crippen LogP contribution in [0.5, 0.6) is 5.75 Å². The quantitative estimate of drug-likeness (QED) is 0.701. The fourth-order valence-corrected chi connectivity index (χ4v) is 3.97. The van der Waals surface area contributed by atoms with E-state index in [1.54, 1.807) is 19.2 Å². The van der Waals surface area contributed by atoms with E-state index in [1.165, 1.54) is 6.07 Å². The molecule has 1 heterocycles. The average molecular weight is 399 g/mol. The number of hydrogen-bond donors (Lipinski definition) is 2. The van der Waals surface area contributed by atoms with E-state index in [-0.39, 0.29) is 35.2 Å². The number of ether oxygens (including phenoxy) is 2. The minimum absolute atomic E-state index is 0. The molecule has 9 heteroatoms. The van der Waals surface area contributed by atoms with Crippen molar-refractivity contribution in [2.75, 3.05) is 26.8 Å². The zero-order chi connectivity index (χ0) is 16.9. The van der Waals surface area contributed by atoms with E-state index in [9.17, 15) is 8.42 Å². The van der Waals surface area contributed by atoms with Crippen molar-refractivity contribution in [3.63, 3.8) is 0 Å². The summed E-state index contributed by atoms with van der Waals surface area (Å²) >= 11 is 5.96. The zero-order valence-electron chi connectivity index (χ0n) is 13.7. The predicted molar refractivity (Wildman–Crippen MR) is 96.9 cm³/mol. The summed E-state index contributed by atoms with van der Waals surface area (Å²) in [5.41, 5.74) is 0. The average Bonchev–Trinajstić information content (AvgIpc) is 3.01.